The number of ether oxygens (including phenoxy) is 1. The Kier molecular flexibility index (Phi) is 4.84. The van der Waals surface area contributed by atoms with E-state index < -0.39 is 0 Å². The number of halogens is 1. The smallest absolute Gasteiger partial charge is 0.236 e. The lowest BCUT2D eigenvalue weighted by atomic mass is 10.3. The Morgan fingerprint density at radius 1 is 1.26 bits per heavy atom. The fraction of sp³-hybridized carbons (Fsp3) is 0.375. The first-order chi connectivity index (χ1) is 11.2. The van der Waals surface area contributed by atoms with Crippen molar-refractivity contribution in [1.82, 2.24) is 9.88 Å². The molecule has 0 radical (unpaired) electrons. The van der Waals surface area contributed by atoms with Crippen LogP contribution in [-0.2, 0) is 6.61 Å². The summed E-state index contributed by atoms with van der Waals surface area (Å²) in [6.45, 7) is 3.73. The van der Waals surface area contributed by atoms with Gasteiger partial charge in [-0.1, -0.05) is 15.9 Å². The summed E-state index contributed by atoms with van der Waals surface area (Å²) < 4.78 is 12.4. The second-order valence-electron chi connectivity index (χ2n) is 5.41. The highest BCUT2D eigenvalue weighted by Gasteiger charge is 2.23. The molecule has 1 fully saturated rings. The zero-order valence-corrected chi connectivity index (χ0v) is 14.4. The van der Waals surface area contributed by atoms with Gasteiger partial charge in [0.05, 0.1) is 0 Å². The van der Waals surface area contributed by atoms with Gasteiger partial charge in [-0.2, -0.15) is 10.2 Å². The van der Waals surface area contributed by atoms with E-state index in [-0.39, 0.29) is 6.61 Å². The van der Waals surface area contributed by atoms with Crippen molar-refractivity contribution in [2.75, 3.05) is 38.1 Å². The van der Waals surface area contributed by atoms with Crippen molar-refractivity contribution in [2.24, 2.45) is 0 Å². The van der Waals surface area contributed by atoms with Gasteiger partial charge in [-0.05, 0) is 31.3 Å². The quantitative estimate of drug-likeness (QED) is 0.816. The highest BCUT2D eigenvalue weighted by Crippen LogP contribution is 2.24. The second kappa shape index (κ2) is 7.02. The number of oxazole rings is 1. The Balaban J connectivity index is 1.69. The number of nitrogens with zero attached hydrogens (tertiary/aromatic N) is 4. The van der Waals surface area contributed by atoms with Crippen LogP contribution in [0.1, 0.15) is 11.6 Å². The molecule has 0 amide bonds. The number of hydrogen-bond donors (Lipinski definition) is 0. The van der Waals surface area contributed by atoms with Crippen LogP contribution in [0.15, 0.2) is 33.2 Å². The maximum Gasteiger partial charge on any atom is 0.236 e. The van der Waals surface area contributed by atoms with Crippen LogP contribution in [-0.4, -0.2) is 43.1 Å². The molecule has 0 saturated carbocycles. The SMILES string of the molecule is CN1CCN(c2oc(COc3ccc(Br)cc3)nc2C#N)CC1. The van der Waals surface area contributed by atoms with Crippen molar-refractivity contribution in [3.8, 4) is 11.8 Å². The number of benzene rings is 1. The largest absolute Gasteiger partial charge is 0.484 e. The van der Waals surface area contributed by atoms with Crippen molar-refractivity contribution in [3.63, 3.8) is 0 Å². The summed E-state index contributed by atoms with van der Waals surface area (Å²) in [7, 11) is 2.08. The summed E-state index contributed by atoms with van der Waals surface area (Å²) in [6, 6.07) is 9.64. The maximum atomic E-state index is 9.27. The van der Waals surface area contributed by atoms with Crippen molar-refractivity contribution in [2.45, 2.75) is 6.61 Å². The van der Waals surface area contributed by atoms with Gasteiger partial charge in [0.2, 0.25) is 17.5 Å². The van der Waals surface area contributed by atoms with Crippen LogP contribution in [0.4, 0.5) is 5.88 Å². The van der Waals surface area contributed by atoms with Crippen molar-refractivity contribution >= 4 is 21.8 Å². The van der Waals surface area contributed by atoms with Crippen LogP contribution < -0.4 is 9.64 Å². The molecule has 0 N–H and O–H groups in total. The van der Waals surface area contributed by atoms with Gasteiger partial charge in [0.25, 0.3) is 0 Å². The number of hydrogen-bond acceptors (Lipinski definition) is 6. The predicted octanol–water partition coefficient (Wildman–Crippen LogP) is 2.64. The van der Waals surface area contributed by atoms with Crippen LogP contribution in [0.25, 0.3) is 0 Å². The first-order valence-electron chi connectivity index (χ1n) is 7.37. The molecular formula is C16H17BrN4O2. The van der Waals surface area contributed by atoms with Crippen molar-refractivity contribution in [3.05, 3.63) is 40.3 Å². The molecule has 1 aromatic carbocycles. The van der Waals surface area contributed by atoms with E-state index in [1.807, 2.05) is 24.3 Å². The number of likely N-dealkylation sites (N-methyl/N-ethyl adjacent to an activating group) is 1. The third-order valence-electron chi connectivity index (χ3n) is 3.73. The van der Waals surface area contributed by atoms with Crippen LogP contribution in [0, 0.1) is 11.3 Å². The molecule has 0 unspecified atom stereocenters. The first-order valence-corrected chi connectivity index (χ1v) is 8.16. The maximum absolute atomic E-state index is 9.27. The Bertz CT molecular complexity index is 700. The number of aromatic nitrogens is 1. The average molecular weight is 377 g/mol. The van der Waals surface area contributed by atoms with E-state index in [9.17, 15) is 5.26 Å². The molecule has 0 spiro atoms. The van der Waals surface area contributed by atoms with Gasteiger partial charge in [0, 0.05) is 30.7 Å². The standard InChI is InChI=1S/C16H17BrN4O2/c1-20-6-8-21(9-7-20)16-14(10-18)19-15(23-16)11-22-13-4-2-12(17)3-5-13/h2-5H,6-9,11H2,1H3. The highest BCUT2D eigenvalue weighted by atomic mass is 79.9. The molecule has 3 rings (SSSR count). The lowest BCUT2D eigenvalue weighted by Gasteiger charge is -2.31. The lowest BCUT2D eigenvalue weighted by molar-refractivity contribution is 0.260. The fourth-order valence-electron chi connectivity index (χ4n) is 2.39. The minimum Gasteiger partial charge on any atom is -0.484 e. The summed E-state index contributed by atoms with van der Waals surface area (Å²) in [5, 5.41) is 9.27. The summed E-state index contributed by atoms with van der Waals surface area (Å²) in [5.41, 5.74) is 0.323. The zero-order chi connectivity index (χ0) is 16.2. The van der Waals surface area contributed by atoms with E-state index in [0.29, 0.717) is 17.5 Å². The number of anilines is 1. The van der Waals surface area contributed by atoms with Crippen LogP contribution in [0.3, 0.4) is 0 Å². The Morgan fingerprint density at radius 3 is 2.61 bits per heavy atom. The number of rotatable bonds is 4. The van der Waals surface area contributed by atoms with Gasteiger partial charge in [0.1, 0.15) is 11.8 Å². The number of nitriles is 1. The molecule has 0 bridgehead atoms. The fourth-order valence-corrected chi connectivity index (χ4v) is 2.65. The average Bonchev–Trinajstić information content (AvgIpc) is 2.98. The van der Waals surface area contributed by atoms with E-state index in [0.717, 1.165) is 36.4 Å². The highest BCUT2D eigenvalue weighted by molar-refractivity contribution is 9.10. The van der Waals surface area contributed by atoms with E-state index >= 15 is 0 Å². The molecule has 6 nitrogen and oxygen atoms in total. The normalized spacial score (nSPS) is 15.4. The van der Waals surface area contributed by atoms with E-state index in [1.165, 1.54) is 0 Å². The number of piperazine rings is 1. The summed E-state index contributed by atoms with van der Waals surface area (Å²) >= 11 is 3.38. The molecule has 2 aromatic rings. The van der Waals surface area contributed by atoms with Crippen LogP contribution in [0.2, 0.25) is 0 Å². The van der Waals surface area contributed by atoms with Crippen LogP contribution >= 0.6 is 15.9 Å². The molecule has 7 heteroatoms. The lowest BCUT2D eigenvalue weighted by Crippen LogP contribution is -2.44. The molecule has 0 atom stereocenters. The molecule has 1 aliphatic heterocycles. The third kappa shape index (κ3) is 3.84. The molecular weight excluding hydrogens is 360 g/mol. The van der Waals surface area contributed by atoms with Gasteiger partial charge >= 0.3 is 0 Å². The molecule has 1 aliphatic rings. The summed E-state index contributed by atoms with van der Waals surface area (Å²) in [4.78, 5) is 8.55. The van der Waals surface area contributed by atoms with Gasteiger partial charge in [-0.25, -0.2) is 0 Å². The summed E-state index contributed by atoms with van der Waals surface area (Å²) in [6.07, 6.45) is 0. The Labute approximate surface area is 143 Å². The minimum atomic E-state index is 0.198. The van der Waals surface area contributed by atoms with E-state index in [2.05, 4.69) is 43.8 Å². The molecule has 2 heterocycles. The summed E-state index contributed by atoms with van der Waals surface area (Å²) in [5.74, 6) is 1.69. The van der Waals surface area contributed by atoms with Gasteiger partial charge in [0.15, 0.2) is 6.61 Å². The Hall–Kier alpha value is -2.04. The first kappa shape index (κ1) is 15.8. The van der Waals surface area contributed by atoms with Gasteiger partial charge in [-0.15, -0.1) is 0 Å². The molecule has 1 aromatic heterocycles. The minimum absolute atomic E-state index is 0.198. The second-order valence-corrected chi connectivity index (χ2v) is 6.32. The Morgan fingerprint density at radius 2 is 1.96 bits per heavy atom. The van der Waals surface area contributed by atoms with Gasteiger partial charge < -0.3 is 19.0 Å². The van der Waals surface area contributed by atoms with Gasteiger partial charge in [-0.3, -0.25) is 0 Å². The van der Waals surface area contributed by atoms with Crippen molar-refractivity contribution in [1.29, 1.82) is 5.26 Å². The monoisotopic (exact) mass is 376 g/mol. The molecule has 120 valence electrons. The van der Waals surface area contributed by atoms with Crippen molar-refractivity contribution < 1.29 is 9.15 Å². The molecule has 0 aliphatic carbocycles. The molecule has 1 saturated heterocycles. The predicted molar refractivity (Wildman–Crippen MR) is 89.4 cm³/mol. The third-order valence-corrected chi connectivity index (χ3v) is 4.25. The zero-order valence-electron chi connectivity index (χ0n) is 12.8. The molecule has 23 heavy (non-hydrogen) atoms. The van der Waals surface area contributed by atoms with Crippen LogP contribution in [0.5, 0.6) is 5.75 Å². The van der Waals surface area contributed by atoms with E-state index in [4.69, 9.17) is 9.15 Å². The van der Waals surface area contributed by atoms with E-state index in [1.54, 1.807) is 0 Å². The topological polar surface area (TPSA) is 65.5 Å².